The summed E-state index contributed by atoms with van der Waals surface area (Å²) in [4.78, 5) is 11.1. The summed E-state index contributed by atoms with van der Waals surface area (Å²) in [6.45, 7) is 4.78. The molecule has 0 radical (unpaired) electrons. The molecule has 0 saturated carbocycles. The first kappa shape index (κ1) is 22.0. The Hall–Kier alpha value is -2.04. The molecule has 0 fully saturated rings. The summed E-state index contributed by atoms with van der Waals surface area (Å²) in [5.74, 6) is 0.440. The second kappa shape index (κ2) is 12.3. The second-order valence-electron chi connectivity index (χ2n) is 6.13. The number of nitrogens with one attached hydrogen (secondary N) is 1. The lowest BCUT2D eigenvalue weighted by atomic mass is 10.0. The number of benzene rings is 2. The molecule has 0 saturated heterocycles. The monoisotopic (exact) mass is 376 g/mol. The fourth-order valence-electron chi connectivity index (χ4n) is 2.64. The first-order valence-electron chi connectivity index (χ1n) is 9.04. The van der Waals surface area contributed by atoms with Crippen LogP contribution in [0.25, 0.3) is 11.1 Å². The molecule has 0 bridgehead atoms. The lowest BCUT2D eigenvalue weighted by molar-refractivity contribution is 0.100. The molecular weight excluding hydrogens is 348 g/mol. The normalized spacial score (nSPS) is 10.2. The van der Waals surface area contributed by atoms with Gasteiger partial charge in [-0.3, -0.25) is 4.79 Å². The highest BCUT2D eigenvalue weighted by Crippen LogP contribution is 2.24. The third-order valence-electron chi connectivity index (χ3n) is 4.09. The van der Waals surface area contributed by atoms with E-state index in [1.165, 1.54) is 25.7 Å². The van der Waals surface area contributed by atoms with Crippen molar-refractivity contribution in [3.8, 4) is 16.9 Å². The van der Waals surface area contributed by atoms with Gasteiger partial charge >= 0.3 is 0 Å². The number of nitrogens with two attached hydrogens (primary N) is 1. The molecule has 0 aromatic heterocycles. The van der Waals surface area contributed by atoms with Gasteiger partial charge in [0.05, 0.1) is 0 Å². The molecule has 2 rings (SSSR count). The van der Waals surface area contributed by atoms with E-state index >= 15 is 0 Å². The molecule has 0 atom stereocenters. The summed E-state index contributed by atoms with van der Waals surface area (Å²) in [5.41, 5.74) is 7.88. The van der Waals surface area contributed by atoms with Crippen molar-refractivity contribution in [1.82, 2.24) is 5.32 Å². The fraction of sp³-hybridized carbons (Fsp3) is 0.381. The van der Waals surface area contributed by atoms with Crippen LogP contribution in [0.5, 0.6) is 5.75 Å². The third-order valence-corrected chi connectivity index (χ3v) is 4.09. The van der Waals surface area contributed by atoms with Crippen LogP contribution in [0, 0.1) is 0 Å². The van der Waals surface area contributed by atoms with Crippen LogP contribution in [-0.4, -0.2) is 25.6 Å². The molecular formula is C21H29ClN2O2. The number of carbonyl (C=O) groups excluding carboxylic acids is 1. The molecule has 0 heterocycles. The van der Waals surface area contributed by atoms with Crippen molar-refractivity contribution in [3.05, 3.63) is 54.1 Å². The minimum atomic E-state index is -0.411. The van der Waals surface area contributed by atoms with Crippen LogP contribution >= 0.6 is 12.4 Å². The van der Waals surface area contributed by atoms with Crippen molar-refractivity contribution in [2.24, 2.45) is 5.73 Å². The van der Waals surface area contributed by atoms with E-state index in [1.54, 1.807) is 12.1 Å². The largest absolute Gasteiger partial charge is 0.492 e. The Balaban J connectivity index is 0.00000338. The van der Waals surface area contributed by atoms with Gasteiger partial charge in [-0.05, 0) is 48.4 Å². The Kier molecular flexibility index (Phi) is 10.4. The summed E-state index contributed by atoms with van der Waals surface area (Å²) in [6, 6.07) is 15.3. The van der Waals surface area contributed by atoms with E-state index in [1.807, 2.05) is 36.4 Å². The quantitative estimate of drug-likeness (QED) is 0.570. The number of unbranched alkanes of at least 4 members (excludes halogenated alkanes) is 3. The number of hydrogen-bond acceptors (Lipinski definition) is 3. The van der Waals surface area contributed by atoms with E-state index < -0.39 is 5.91 Å². The van der Waals surface area contributed by atoms with Crippen molar-refractivity contribution >= 4 is 18.3 Å². The Morgan fingerprint density at radius 2 is 1.77 bits per heavy atom. The molecule has 142 valence electrons. The van der Waals surface area contributed by atoms with E-state index in [2.05, 4.69) is 12.2 Å². The van der Waals surface area contributed by atoms with E-state index in [0.29, 0.717) is 12.2 Å². The van der Waals surface area contributed by atoms with Crippen LogP contribution in [0.15, 0.2) is 48.5 Å². The summed E-state index contributed by atoms with van der Waals surface area (Å²) in [6.07, 6.45) is 5.10. The van der Waals surface area contributed by atoms with Crippen LogP contribution in [0.3, 0.4) is 0 Å². The van der Waals surface area contributed by atoms with Gasteiger partial charge in [-0.2, -0.15) is 0 Å². The predicted molar refractivity (Wildman–Crippen MR) is 110 cm³/mol. The van der Waals surface area contributed by atoms with Gasteiger partial charge in [-0.15, -0.1) is 12.4 Å². The van der Waals surface area contributed by atoms with Gasteiger partial charge < -0.3 is 15.8 Å². The van der Waals surface area contributed by atoms with Gasteiger partial charge in [0.25, 0.3) is 0 Å². The first-order chi connectivity index (χ1) is 12.2. The molecule has 0 spiro atoms. The number of hydrogen-bond donors (Lipinski definition) is 2. The number of halogens is 1. The Morgan fingerprint density at radius 1 is 1.00 bits per heavy atom. The highest BCUT2D eigenvalue weighted by Gasteiger charge is 2.03. The summed E-state index contributed by atoms with van der Waals surface area (Å²) >= 11 is 0. The first-order valence-corrected chi connectivity index (χ1v) is 9.04. The van der Waals surface area contributed by atoms with Crippen LogP contribution < -0.4 is 15.8 Å². The second-order valence-corrected chi connectivity index (χ2v) is 6.13. The molecule has 2 aromatic carbocycles. The number of primary amides is 1. The molecule has 0 aliphatic carbocycles. The van der Waals surface area contributed by atoms with Crippen molar-refractivity contribution in [2.75, 3.05) is 19.7 Å². The summed E-state index contributed by atoms with van der Waals surface area (Å²) in [5, 5.41) is 3.41. The zero-order valence-corrected chi connectivity index (χ0v) is 16.2. The van der Waals surface area contributed by atoms with E-state index in [9.17, 15) is 4.79 Å². The maximum atomic E-state index is 11.1. The Morgan fingerprint density at radius 3 is 2.46 bits per heavy atom. The number of carbonyl (C=O) groups is 1. The van der Waals surface area contributed by atoms with Crippen molar-refractivity contribution in [3.63, 3.8) is 0 Å². The molecule has 26 heavy (non-hydrogen) atoms. The van der Waals surface area contributed by atoms with Crippen LogP contribution in [0.1, 0.15) is 43.0 Å². The van der Waals surface area contributed by atoms with Gasteiger partial charge in [0.15, 0.2) is 0 Å². The van der Waals surface area contributed by atoms with Crippen LogP contribution in [0.2, 0.25) is 0 Å². The number of amides is 1. The van der Waals surface area contributed by atoms with Crippen molar-refractivity contribution in [2.45, 2.75) is 32.6 Å². The molecule has 0 aliphatic rings. The lowest BCUT2D eigenvalue weighted by Crippen LogP contribution is -2.22. The van der Waals surface area contributed by atoms with Gasteiger partial charge in [-0.1, -0.05) is 50.5 Å². The maximum Gasteiger partial charge on any atom is 0.248 e. The number of ether oxygens (including phenoxy) is 1. The van der Waals surface area contributed by atoms with E-state index in [-0.39, 0.29) is 12.4 Å². The van der Waals surface area contributed by atoms with Gasteiger partial charge in [0, 0.05) is 12.1 Å². The van der Waals surface area contributed by atoms with Crippen LogP contribution in [0.4, 0.5) is 0 Å². The highest BCUT2D eigenvalue weighted by molar-refractivity contribution is 5.93. The van der Waals surface area contributed by atoms with Gasteiger partial charge in [-0.25, -0.2) is 0 Å². The molecule has 4 nitrogen and oxygen atoms in total. The van der Waals surface area contributed by atoms with E-state index in [0.717, 1.165) is 30.0 Å². The van der Waals surface area contributed by atoms with Gasteiger partial charge in [0.1, 0.15) is 12.4 Å². The topological polar surface area (TPSA) is 64.3 Å². The van der Waals surface area contributed by atoms with Crippen molar-refractivity contribution < 1.29 is 9.53 Å². The minimum Gasteiger partial charge on any atom is -0.492 e. The third kappa shape index (κ3) is 7.46. The Labute approximate surface area is 162 Å². The number of rotatable bonds is 11. The molecule has 0 unspecified atom stereocenters. The standard InChI is InChI=1S/C21H28N2O2.ClH/c1-2-3-4-5-13-23-14-15-25-20-8-6-7-19(16-20)17-9-11-18(12-10-17)21(22)24;/h6-12,16,23H,2-5,13-15H2,1H3,(H2,22,24);1H. The predicted octanol–water partition coefficient (Wildman–Crippen LogP) is 4.42. The molecule has 0 aliphatic heterocycles. The summed E-state index contributed by atoms with van der Waals surface area (Å²) < 4.78 is 5.82. The smallest absolute Gasteiger partial charge is 0.248 e. The van der Waals surface area contributed by atoms with Crippen molar-refractivity contribution in [1.29, 1.82) is 0 Å². The highest BCUT2D eigenvalue weighted by atomic mass is 35.5. The zero-order chi connectivity index (χ0) is 17.9. The molecule has 5 heteroatoms. The Bertz CT molecular complexity index is 659. The SMILES string of the molecule is CCCCCCNCCOc1cccc(-c2ccc(C(N)=O)cc2)c1.Cl. The minimum absolute atomic E-state index is 0. The lowest BCUT2D eigenvalue weighted by Gasteiger charge is -2.09. The van der Waals surface area contributed by atoms with E-state index in [4.69, 9.17) is 10.5 Å². The average Bonchev–Trinajstić information content (AvgIpc) is 2.64. The van der Waals surface area contributed by atoms with Gasteiger partial charge in [0.2, 0.25) is 5.91 Å². The zero-order valence-electron chi connectivity index (χ0n) is 15.4. The molecule has 3 N–H and O–H groups in total. The molecule has 1 amide bonds. The average molecular weight is 377 g/mol. The fourth-order valence-corrected chi connectivity index (χ4v) is 2.64. The molecule has 2 aromatic rings. The maximum absolute atomic E-state index is 11.1. The van der Waals surface area contributed by atoms with Crippen LogP contribution in [-0.2, 0) is 0 Å². The summed E-state index contributed by atoms with van der Waals surface area (Å²) in [7, 11) is 0.